The van der Waals surface area contributed by atoms with Gasteiger partial charge in [0.2, 0.25) is 0 Å². The summed E-state index contributed by atoms with van der Waals surface area (Å²) < 4.78 is 0. The Morgan fingerprint density at radius 3 is 2.36 bits per heavy atom. The number of rotatable bonds is 6. The fraction of sp³-hybridized carbons (Fsp3) is 0.409. The van der Waals surface area contributed by atoms with Gasteiger partial charge in [-0.3, -0.25) is 0 Å². The van der Waals surface area contributed by atoms with Gasteiger partial charge in [-0.2, -0.15) is 0 Å². The Balaban J connectivity index is 1.81. The Morgan fingerprint density at radius 1 is 0.960 bits per heavy atom. The second-order valence-corrected chi connectivity index (χ2v) is 7.57. The standard InChI is InChI=1S/C22H30N2O/c1-17-11-10-15-19(22(2,3)4)20(17)24-21(25)23-16-9-8-14-18-12-6-5-7-13-18/h5-7,10-13,15H,8-9,14,16H2,1-4H3,(H2,23,24,25). The van der Waals surface area contributed by atoms with Crippen molar-refractivity contribution in [1.29, 1.82) is 0 Å². The molecule has 2 amide bonds. The van der Waals surface area contributed by atoms with Crippen LogP contribution < -0.4 is 10.6 Å². The first-order valence-corrected chi connectivity index (χ1v) is 9.07. The highest BCUT2D eigenvalue weighted by Gasteiger charge is 2.20. The number of hydrogen-bond donors (Lipinski definition) is 2. The van der Waals surface area contributed by atoms with E-state index < -0.39 is 0 Å². The van der Waals surface area contributed by atoms with Gasteiger partial charge in [0.25, 0.3) is 0 Å². The van der Waals surface area contributed by atoms with Crippen LogP contribution in [0.2, 0.25) is 0 Å². The van der Waals surface area contributed by atoms with Gasteiger partial charge in [0.1, 0.15) is 0 Å². The predicted octanol–water partition coefficient (Wildman–Crippen LogP) is 5.44. The van der Waals surface area contributed by atoms with E-state index in [0.29, 0.717) is 6.54 Å². The monoisotopic (exact) mass is 338 g/mol. The Morgan fingerprint density at radius 2 is 1.68 bits per heavy atom. The summed E-state index contributed by atoms with van der Waals surface area (Å²) in [6, 6.07) is 16.5. The van der Waals surface area contributed by atoms with Crippen molar-refractivity contribution in [1.82, 2.24) is 5.32 Å². The molecule has 2 N–H and O–H groups in total. The number of amides is 2. The van der Waals surface area contributed by atoms with E-state index in [-0.39, 0.29) is 11.4 Å². The third kappa shape index (κ3) is 5.93. The molecule has 2 aromatic rings. The van der Waals surface area contributed by atoms with Crippen LogP contribution in [0.1, 0.15) is 50.3 Å². The minimum Gasteiger partial charge on any atom is -0.338 e. The van der Waals surface area contributed by atoms with Gasteiger partial charge in [-0.05, 0) is 48.3 Å². The topological polar surface area (TPSA) is 41.1 Å². The van der Waals surface area contributed by atoms with Crippen LogP contribution in [0.4, 0.5) is 10.5 Å². The summed E-state index contributed by atoms with van der Waals surface area (Å²) in [7, 11) is 0. The maximum atomic E-state index is 12.3. The molecule has 0 aliphatic rings. The molecule has 0 aliphatic heterocycles. The SMILES string of the molecule is Cc1cccc(C(C)(C)C)c1NC(=O)NCCCCc1ccccc1. The minimum absolute atomic E-state index is 0.00961. The van der Waals surface area contributed by atoms with E-state index in [2.05, 4.69) is 61.7 Å². The van der Waals surface area contributed by atoms with Crippen molar-refractivity contribution < 1.29 is 4.79 Å². The molecule has 3 heteroatoms. The number of anilines is 1. The van der Waals surface area contributed by atoms with Gasteiger partial charge in [-0.25, -0.2) is 4.79 Å². The molecule has 0 aliphatic carbocycles. The first-order chi connectivity index (χ1) is 11.9. The maximum absolute atomic E-state index is 12.3. The van der Waals surface area contributed by atoms with E-state index in [1.54, 1.807) is 0 Å². The van der Waals surface area contributed by atoms with Crippen LogP contribution in [0, 0.1) is 6.92 Å². The molecule has 0 aromatic heterocycles. The zero-order valence-electron chi connectivity index (χ0n) is 15.9. The molecule has 2 aromatic carbocycles. The molecule has 0 saturated heterocycles. The molecule has 0 saturated carbocycles. The molecule has 0 bridgehead atoms. The second kappa shape index (κ2) is 8.70. The van der Waals surface area contributed by atoms with Crippen LogP contribution >= 0.6 is 0 Å². The number of para-hydroxylation sites is 1. The molecule has 134 valence electrons. The summed E-state index contributed by atoms with van der Waals surface area (Å²) >= 11 is 0. The summed E-state index contributed by atoms with van der Waals surface area (Å²) in [5.74, 6) is 0. The van der Waals surface area contributed by atoms with Crippen molar-refractivity contribution in [3.05, 3.63) is 65.2 Å². The lowest BCUT2D eigenvalue weighted by molar-refractivity contribution is 0.252. The van der Waals surface area contributed by atoms with E-state index in [1.807, 2.05) is 25.1 Å². The fourth-order valence-electron chi connectivity index (χ4n) is 2.92. The van der Waals surface area contributed by atoms with Crippen molar-refractivity contribution in [2.75, 3.05) is 11.9 Å². The number of carbonyl (C=O) groups excluding carboxylic acids is 1. The number of hydrogen-bond acceptors (Lipinski definition) is 1. The van der Waals surface area contributed by atoms with E-state index in [1.165, 1.54) is 5.56 Å². The van der Waals surface area contributed by atoms with Gasteiger partial charge in [0.05, 0.1) is 0 Å². The van der Waals surface area contributed by atoms with Crippen LogP contribution in [0.15, 0.2) is 48.5 Å². The highest BCUT2D eigenvalue weighted by molar-refractivity contribution is 5.91. The first kappa shape index (κ1) is 19.0. The highest BCUT2D eigenvalue weighted by atomic mass is 16.2. The maximum Gasteiger partial charge on any atom is 0.319 e. The van der Waals surface area contributed by atoms with Crippen LogP contribution in [0.5, 0.6) is 0 Å². The van der Waals surface area contributed by atoms with Crippen LogP contribution in [0.3, 0.4) is 0 Å². The average Bonchev–Trinajstić information content (AvgIpc) is 2.56. The first-order valence-electron chi connectivity index (χ1n) is 9.07. The quantitative estimate of drug-likeness (QED) is 0.677. The normalized spacial score (nSPS) is 11.2. The second-order valence-electron chi connectivity index (χ2n) is 7.57. The Kier molecular flexibility index (Phi) is 6.63. The molecule has 0 atom stereocenters. The van der Waals surface area contributed by atoms with Crippen molar-refractivity contribution in [3.8, 4) is 0 Å². The number of urea groups is 1. The van der Waals surface area contributed by atoms with Crippen molar-refractivity contribution >= 4 is 11.7 Å². The fourth-order valence-corrected chi connectivity index (χ4v) is 2.92. The average molecular weight is 338 g/mol. The zero-order valence-corrected chi connectivity index (χ0v) is 15.9. The molecular formula is C22H30N2O. The highest BCUT2D eigenvalue weighted by Crippen LogP contribution is 2.31. The number of nitrogens with one attached hydrogen (secondary N) is 2. The zero-order chi connectivity index (χ0) is 18.3. The molecule has 0 radical (unpaired) electrons. The molecule has 0 unspecified atom stereocenters. The summed E-state index contributed by atoms with van der Waals surface area (Å²) in [4.78, 5) is 12.3. The van der Waals surface area contributed by atoms with Gasteiger partial charge < -0.3 is 10.6 Å². The lowest BCUT2D eigenvalue weighted by Crippen LogP contribution is -2.31. The number of unbranched alkanes of at least 4 members (excludes halogenated alkanes) is 1. The lowest BCUT2D eigenvalue weighted by Gasteiger charge is -2.24. The van der Waals surface area contributed by atoms with E-state index >= 15 is 0 Å². The molecule has 3 nitrogen and oxygen atoms in total. The predicted molar refractivity (Wildman–Crippen MR) is 106 cm³/mol. The van der Waals surface area contributed by atoms with Gasteiger partial charge in [-0.15, -0.1) is 0 Å². The van der Waals surface area contributed by atoms with Crippen molar-refractivity contribution in [2.24, 2.45) is 0 Å². The van der Waals surface area contributed by atoms with Gasteiger partial charge in [0, 0.05) is 12.2 Å². The summed E-state index contributed by atoms with van der Waals surface area (Å²) in [5, 5.41) is 6.02. The van der Waals surface area contributed by atoms with Crippen LogP contribution in [0.25, 0.3) is 0 Å². The van der Waals surface area contributed by atoms with Crippen molar-refractivity contribution in [3.63, 3.8) is 0 Å². The van der Waals surface area contributed by atoms with E-state index in [0.717, 1.165) is 36.1 Å². The number of aryl methyl sites for hydroxylation is 2. The lowest BCUT2D eigenvalue weighted by atomic mass is 9.84. The van der Waals surface area contributed by atoms with Gasteiger partial charge in [-0.1, -0.05) is 69.3 Å². The largest absolute Gasteiger partial charge is 0.338 e. The Hall–Kier alpha value is -2.29. The van der Waals surface area contributed by atoms with E-state index in [4.69, 9.17) is 0 Å². The van der Waals surface area contributed by atoms with E-state index in [9.17, 15) is 4.79 Å². The third-order valence-electron chi connectivity index (χ3n) is 4.34. The summed E-state index contributed by atoms with van der Waals surface area (Å²) in [6.07, 6.45) is 3.10. The van der Waals surface area contributed by atoms with Crippen LogP contribution in [-0.2, 0) is 11.8 Å². The molecule has 0 fully saturated rings. The molecule has 0 heterocycles. The Bertz CT molecular complexity index is 687. The van der Waals surface area contributed by atoms with Crippen molar-refractivity contribution in [2.45, 2.75) is 52.4 Å². The third-order valence-corrected chi connectivity index (χ3v) is 4.34. The summed E-state index contributed by atoms with van der Waals surface area (Å²) in [6.45, 7) is 9.21. The smallest absolute Gasteiger partial charge is 0.319 e. The molecule has 2 rings (SSSR count). The van der Waals surface area contributed by atoms with Gasteiger partial charge >= 0.3 is 6.03 Å². The van der Waals surface area contributed by atoms with Crippen LogP contribution in [-0.4, -0.2) is 12.6 Å². The molecule has 0 spiro atoms. The molecular weight excluding hydrogens is 308 g/mol. The number of carbonyl (C=O) groups is 1. The number of benzene rings is 2. The summed E-state index contributed by atoms with van der Waals surface area (Å²) in [5.41, 5.74) is 4.52. The molecule has 25 heavy (non-hydrogen) atoms. The van der Waals surface area contributed by atoms with Gasteiger partial charge in [0.15, 0.2) is 0 Å². The minimum atomic E-state index is -0.125. The Labute approximate surface area is 151 Å².